The third kappa shape index (κ3) is 3.90. The molecule has 0 radical (unpaired) electrons. The molecule has 0 saturated heterocycles. The maximum atomic E-state index is 11.8. The minimum Gasteiger partial charge on any atom is -0.397 e. The van der Waals surface area contributed by atoms with E-state index in [-0.39, 0.29) is 11.6 Å². The predicted molar refractivity (Wildman–Crippen MR) is 81.6 cm³/mol. The third-order valence-electron chi connectivity index (χ3n) is 2.73. The van der Waals surface area contributed by atoms with Crippen LogP contribution in [0, 0.1) is 10.1 Å². The Balaban J connectivity index is 2.07. The molecule has 0 aliphatic heterocycles. The van der Waals surface area contributed by atoms with Crippen molar-refractivity contribution >= 4 is 29.0 Å². The van der Waals surface area contributed by atoms with Gasteiger partial charge in [0.15, 0.2) is 0 Å². The van der Waals surface area contributed by atoms with Gasteiger partial charge in [-0.3, -0.25) is 14.9 Å². The Hall–Kier alpha value is -3.15. The van der Waals surface area contributed by atoms with Crippen LogP contribution < -0.4 is 11.1 Å². The van der Waals surface area contributed by atoms with Gasteiger partial charge >= 0.3 is 0 Å². The highest BCUT2D eigenvalue weighted by Crippen LogP contribution is 2.17. The Morgan fingerprint density at radius 1 is 1.19 bits per heavy atom. The second kappa shape index (κ2) is 6.33. The minimum absolute atomic E-state index is 0.0233. The third-order valence-corrected chi connectivity index (χ3v) is 2.73. The van der Waals surface area contributed by atoms with Gasteiger partial charge in [-0.1, -0.05) is 24.3 Å². The number of non-ortho nitro benzene ring substituents is 1. The smallest absolute Gasteiger partial charge is 0.270 e. The maximum absolute atomic E-state index is 11.8. The fourth-order valence-electron chi connectivity index (χ4n) is 1.70. The molecule has 6 nitrogen and oxygen atoms in total. The number of rotatable bonds is 4. The number of nitrogens with one attached hydrogen (secondary N) is 1. The van der Waals surface area contributed by atoms with Crippen molar-refractivity contribution in [1.29, 1.82) is 0 Å². The monoisotopic (exact) mass is 283 g/mol. The first kappa shape index (κ1) is 14.3. The number of nitrogens with two attached hydrogens (primary N) is 1. The average Bonchev–Trinajstić information content (AvgIpc) is 2.48. The van der Waals surface area contributed by atoms with Crippen LogP contribution in [-0.4, -0.2) is 10.8 Å². The van der Waals surface area contributed by atoms with Crippen LogP contribution in [0.1, 0.15) is 5.56 Å². The van der Waals surface area contributed by atoms with Crippen molar-refractivity contribution in [2.45, 2.75) is 0 Å². The molecule has 21 heavy (non-hydrogen) atoms. The molecule has 3 N–H and O–H groups in total. The highest BCUT2D eigenvalue weighted by molar-refractivity contribution is 6.03. The highest BCUT2D eigenvalue weighted by atomic mass is 16.6. The summed E-state index contributed by atoms with van der Waals surface area (Å²) in [6.45, 7) is 0. The van der Waals surface area contributed by atoms with Crippen LogP contribution in [0.3, 0.4) is 0 Å². The van der Waals surface area contributed by atoms with E-state index in [0.717, 1.165) is 0 Å². The number of nitro groups is 1. The number of nitro benzene ring substituents is 1. The van der Waals surface area contributed by atoms with Gasteiger partial charge in [0.2, 0.25) is 5.91 Å². The Morgan fingerprint density at radius 2 is 1.95 bits per heavy atom. The summed E-state index contributed by atoms with van der Waals surface area (Å²) < 4.78 is 0. The maximum Gasteiger partial charge on any atom is 0.270 e. The number of nitrogen functional groups attached to an aromatic ring is 1. The molecule has 2 aromatic rings. The van der Waals surface area contributed by atoms with Crippen molar-refractivity contribution in [3.05, 3.63) is 70.3 Å². The molecular formula is C15H13N3O3. The molecule has 1 amide bonds. The van der Waals surface area contributed by atoms with Crippen molar-refractivity contribution in [3.8, 4) is 0 Å². The quantitative estimate of drug-likeness (QED) is 0.390. The van der Waals surface area contributed by atoms with E-state index in [2.05, 4.69) is 5.32 Å². The van der Waals surface area contributed by atoms with Gasteiger partial charge < -0.3 is 11.1 Å². The van der Waals surface area contributed by atoms with Crippen molar-refractivity contribution in [1.82, 2.24) is 0 Å². The molecule has 0 fully saturated rings. The lowest BCUT2D eigenvalue weighted by molar-refractivity contribution is -0.384. The lowest BCUT2D eigenvalue weighted by Gasteiger charge is -2.04. The van der Waals surface area contributed by atoms with Crippen molar-refractivity contribution in [2.24, 2.45) is 0 Å². The number of para-hydroxylation sites is 2. The first-order chi connectivity index (χ1) is 10.1. The molecule has 0 atom stereocenters. The van der Waals surface area contributed by atoms with Crippen LogP contribution in [0.5, 0.6) is 0 Å². The Kier molecular flexibility index (Phi) is 4.30. The largest absolute Gasteiger partial charge is 0.397 e. The molecule has 0 heterocycles. The first-order valence-corrected chi connectivity index (χ1v) is 6.14. The molecular weight excluding hydrogens is 270 g/mol. The fourth-order valence-corrected chi connectivity index (χ4v) is 1.70. The summed E-state index contributed by atoms with van der Waals surface area (Å²) in [6, 6.07) is 12.9. The molecule has 2 aromatic carbocycles. The van der Waals surface area contributed by atoms with Crippen LogP contribution in [0.15, 0.2) is 54.6 Å². The van der Waals surface area contributed by atoms with E-state index in [1.54, 1.807) is 36.4 Å². The van der Waals surface area contributed by atoms with E-state index in [4.69, 9.17) is 5.73 Å². The van der Waals surface area contributed by atoms with E-state index >= 15 is 0 Å². The summed E-state index contributed by atoms with van der Waals surface area (Å²) in [5.41, 5.74) is 7.25. The summed E-state index contributed by atoms with van der Waals surface area (Å²) >= 11 is 0. The average molecular weight is 283 g/mol. The van der Waals surface area contributed by atoms with Crippen molar-refractivity contribution < 1.29 is 9.72 Å². The molecule has 0 aliphatic rings. The van der Waals surface area contributed by atoms with Gasteiger partial charge in [-0.05, 0) is 23.8 Å². The van der Waals surface area contributed by atoms with Crippen molar-refractivity contribution in [2.75, 3.05) is 11.1 Å². The zero-order valence-corrected chi connectivity index (χ0v) is 11.0. The first-order valence-electron chi connectivity index (χ1n) is 6.14. The topological polar surface area (TPSA) is 98.3 Å². The SMILES string of the molecule is Nc1ccccc1NC(=O)/C=C/c1cccc([N+](=O)[O-])c1. The molecule has 106 valence electrons. The summed E-state index contributed by atoms with van der Waals surface area (Å²) in [7, 11) is 0. The summed E-state index contributed by atoms with van der Waals surface area (Å²) in [5.74, 6) is -0.362. The number of carbonyl (C=O) groups excluding carboxylic acids is 1. The van der Waals surface area contributed by atoms with Crippen LogP contribution in [-0.2, 0) is 4.79 Å². The summed E-state index contributed by atoms with van der Waals surface area (Å²) in [5, 5.41) is 13.3. The molecule has 0 aliphatic carbocycles. The van der Waals surface area contributed by atoms with Crippen LogP contribution in [0.4, 0.5) is 17.1 Å². The number of hydrogen-bond acceptors (Lipinski definition) is 4. The zero-order chi connectivity index (χ0) is 15.2. The van der Waals surface area contributed by atoms with E-state index in [9.17, 15) is 14.9 Å². The molecule has 0 bridgehead atoms. The normalized spacial score (nSPS) is 10.5. The van der Waals surface area contributed by atoms with E-state index in [0.29, 0.717) is 16.9 Å². The minimum atomic E-state index is -0.484. The standard InChI is InChI=1S/C15H13N3O3/c16-13-6-1-2-7-14(13)17-15(19)9-8-11-4-3-5-12(10-11)18(20)21/h1-10H,16H2,(H,17,19)/b9-8+. The number of nitrogens with zero attached hydrogens (tertiary/aromatic N) is 1. The molecule has 0 saturated carbocycles. The number of amides is 1. The van der Waals surface area contributed by atoms with Crippen LogP contribution >= 0.6 is 0 Å². The Bertz CT molecular complexity index is 711. The zero-order valence-electron chi connectivity index (χ0n) is 11.0. The van der Waals surface area contributed by atoms with Gasteiger partial charge in [-0.15, -0.1) is 0 Å². The van der Waals surface area contributed by atoms with E-state index in [1.807, 2.05) is 0 Å². The molecule has 2 rings (SSSR count). The van der Waals surface area contributed by atoms with Crippen LogP contribution in [0.2, 0.25) is 0 Å². The summed E-state index contributed by atoms with van der Waals surface area (Å²) in [4.78, 5) is 21.9. The molecule has 0 spiro atoms. The lowest BCUT2D eigenvalue weighted by atomic mass is 10.2. The van der Waals surface area contributed by atoms with E-state index in [1.165, 1.54) is 24.3 Å². The summed E-state index contributed by atoms with van der Waals surface area (Å²) in [6.07, 6.45) is 2.80. The molecule has 6 heteroatoms. The number of benzene rings is 2. The second-order valence-electron chi connectivity index (χ2n) is 4.26. The predicted octanol–water partition coefficient (Wildman–Crippen LogP) is 2.83. The van der Waals surface area contributed by atoms with E-state index < -0.39 is 4.92 Å². The molecule has 0 unspecified atom stereocenters. The number of carbonyl (C=O) groups is 1. The lowest BCUT2D eigenvalue weighted by Crippen LogP contribution is -2.09. The fraction of sp³-hybridized carbons (Fsp3) is 0. The van der Waals surface area contributed by atoms with Gasteiger partial charge in [-0.2, -0.15) is 0 Å². The van der Waals surface area contributed by atoms with Gasteiger partial charge in [-0.25, -0.2) is 0 Å². The Labute approximate surface area is 121 Å². The van der Waals surface area contributed by atoms with Crippen LogP contribution in [0.25, 0.3) is 6.08 Å². The number of anilines is 2. The molecule has 0 aromatic heterocycles. The van der Waals surface area contributed by atoms with Gasteiger partial charge in [0, 0.05) is 18.2 Å². The van der Waals surface area contributed by atoms with Gasteiger partial charge in [0.25, 0.3) is 5.69 Å². The number of hydrogen-bond donors (Lipinski definition) is 2. The van der Waals surface area contributed by atoms with Gasteiger partial charge in [0.1, 0.15) is 0 Å². The van der Waals surface area contributed by atoms with Gasteiger partial charge in [0.05, 0.1) is 16.3 Å². The van der Waals surface area contributed by atoms with Crippen molar-refractivity contribution in [3.63, 3.8) is 0 Å². The second-order valence-corrected chi connectivity index (χ2v) is 4.26. The highest BCUT2D eigenvalue weighted by Gasteiger charge is 2.04. The Morgan fingerprint density at radius 3 is 2.67 bits per heavy atom.